The summed E-state index contributed by atoms with van der Waals surface area (Å²) in [6.45, 7) is 21.0. The summed E-state index contributed by atoms with van der Waals surface area (Å²) in [6.07, 6.45) is 15.8. The Hall–Kier alpha value is 0.230. The molecule has 0 saturated carbocycles. The molecule has 0 aliphatic heterocycles. The van der Waals surface area contributed by atoms with E-state index < -0.39 is 0 Å². The molecule has 0 radical (unpaired) electrons. The van der Waals surface area contributed by atoms with E-state index in [0.717, 1.165) is 0 Å². The van der Waals surface area contributed by atoms with Crippen LogP contribution in [0.1, 0.15) is 119 Å². The molecule has 4 heteroatoms. The fourth-order valence-electron chi connectivity index (χ4n) is 2.62. The van der Waals surface area contributed by atoms with E-state index in [9.17, 15) is 0 Å². The van der Waals surface area contributed by atoms with Gasteiger partial charge in [0, 0.05) is 38.3 Å². The quantitative estimate of drug-likeness (QED) is 0.163. The zero-order chi connectivity index (χ0) is 21.3. The summed E-state index contributed by atoms with van der Waals surface area (Å²) < 4.78 is 5.19. The Kier molecular flexibility index (Phi) is 29.6. The fourth-order valence-corrected chi connectivity index (χ4v) is 3.79. The van der Waals surface area contributed by atoms with Crippen LogP contribution in [0.15, 0.2) is 0 Å². The number of rotatable bonds is 20. The Morgan fingerprint density at radius 1 is 0.464 bits per heavy atom. The van der Waals surface area contributed by atoms with Crippen LogP contribution in [0, 0.1) is 0 Å². The van der Waals surface area contributed by atoms with Crippen LogP contribution >= 0.6 is 12.1 Å². The van der Waals surface area contributed by atoms with Crippen molar-refractivity contribution in [3.8, 4) is 0 Å². The Bertz CT molecular complexity index is 224. The molecule has 0 aromatic heterocycles. The van der Waals surface area contributed by atoms with E-state index in [2.05, 4.69) is 55.5 Å². The summed E-state index contributed by atoms with van der Waals surface area (Å²) in [5, 5.41) is 3.39. The van der Waals surface area contributed by atoms with Crippen LogP contribution in [0.2, 0.25) is 0 Å². The van der Waals surface area contributed by atoms with E-state index in [1.807, 2.05) is 12.1 Å². The van der Waals surface area contributed by atoms with Gasteiger partial charge in [-0.2, -0.15) is 0 Å². The summed E-state index contributed by atoms with van der Waals surface area (Å²) in [7, 11) is 0. The van der Waals surface area contributed by atoms with Crippen LogP contribution in [0.3, 0.4) is 0 Å². The van der Waals surface area contributed by atoms with Crippen LogP contribution in [0.5, 0.6) is 0 Å². The maximum Gasteiger partial charge on any atom is 0.0101 e. The molecule has 0 fully saturated rings. The summed E-state index contributed by atoms with van der Waals surface area (Å²) in [5.41, 5.74) is 0. The smallest absolute Gasteiger partial charge is 0.0101 e. The average molecular weight is 418 g/mol. The first-order chi connectivity index (χ1) is 13.7. The van der Waals surface area contributed by atoms with Gasteiger partial charge < -0.3 is 5.32 Å². The van der Waals surface area contributed by atoms with Crippen LogP contribution < -0.4 is 5.32 Å². The molecule has 3 nitrogen and oxygen atoms in total. The van der Waals surface area contributed by atoms with Crippen molar-refractivity contribution in [2.45, 2.75) is 119 Å². The highest BCUT2D eigenvalue weighted by molar-refractivity contribution is 7.94. The van der Waals surface area contributed by atoms with Gasteiger partial charge in [-0.1, -0.05) is 80.1 Å². The van der Waals surface area contributed by atoms with Crippen molar-refractivity contribution in [1.82, 2.24) is 13.9 Å². The first-order valence-electron chi connectivity index (χ1n) is 12.6. The molecule has 0 aromatic rings. The second-order valence-corrected chi connectivity index (χ2v) is 9.01. The lowest BCUT2D eigenvalue weighted by Crippen LogP contribution is -2.28. The molecule has 0 aromatic carbocycles. The highest BCUT2D eigenvalue weighted by Crippen LogP contribution is 2.19. The SMILES string of the molecule is CCCCN(CCCC)SN(CCCC)CCCC.CCCCNCCCC. The first-order valence-corrected chi connectivity index (χ1v) is 13.3. The number of hydrogen-bond donors (Lipinski definition) is 1. The standard InChI is InChI=1S/C16H36N2S.C8H19N/c1-5-9-13-17(14-10-6-2)19-18(15-11-7-3)16-12-8-4;1-3-5-7-9-8-6-4-2/h5-16H2,1-4H3;9H,3-8H2,1-2H3. The van der Waals surface area contributed by atoms with E-state index in [4.69, 9.17) is 0 Å². The van der Waals surface area contributed by atoms with E-state index >= 15 is 0 Å². The Labute approximate surface area is 184 Å². The van der Waals surface area contributed by atoms with Gasteiger partial charge in [0.05, 0.1) is 0 Å². The lowest BCUT2D eigenvalue weighted by atomic mass is 10.3. The van der Waals surface area contributed by atoms with Gasteiger partial charge in [0.2, 0.25) is 0 Å². The van der Waals surface area contributed by atoms with Crippen LogP contribution in [-0.2, 0) is 0 Å². The van der Waals surface area contributed by atoms with Gasteiger partial charge in [-0.15, -0.1) is 0 Å². The third-order valence-corrected chi connectivity index (χ3v) is 5.88. The van der Waals surface area contributed by atoms with Gasteiger partial charge in [0.15, 0.2) is 0 Å². The molecule has 28 heavy (non-hydrogen) atoms. The number of unbranched alkanes of at least 4 members (excludes halogenated alkanes) is 6. The van der Waals surface area contributed by atoms with E-state index in [1.165, 1.54) is 116 Å². The van der Waals surface area contributed by atoms with E-state index in [1.54, 1.807) is 0 Å². The van der Waals surface area contributed by atoms with Crippen LogP contribution in [0.4, 0.5) is 0 Å². The molecular formula is C24H55N3S. The predicted molar refractivity (Wildman–Crippen MR) is 133 cm³/mol. The molecule has 0 heterocycles. The molecule has 0 aliphatic rings. The summed E-state index contributed by atoms with van der Waals surface area (Å²) in [4.78, 5) is 0. The van der Waals surface area contributed by atoms with Crippen molar-refractivity contribution in [2.24, 2.45) is 0 Å². The first kappa shape index (κ1) is 30.4. The summed E-state index contributed by atoms with van der Waals surface area (Å²) in [5.74, 6) is 0. The zero-order valence-electron chi connectivity index (χ0n) is 20.5. The molecule has 0 unspecified atom stereocenters. The minimum Gasteiger partial charge on any atom is -0.317 e. The molecular weight excluding hydrogens is 362 g/mol. The normalized spacial score (nSPS) is 11.1. The number of nitrogens with zero attached hydrogens (tertiary/aromatic N) is 2. The molecule has 0 saturated heterocycles. The molecule has 172 valence electrons. The van der Waals surface area contributed by atoms with Crippen LogP contribution in [0.25, 0.3) is 0 Å². The van der Waals surface area contributed by atoms with Gasteiger partial charge in [-0.25, -0.2) is 8.61 Å². The highest BCUT2D eigenvalue weighted by Gasteiger charge is 2.11. The molecule has 1 N–H and O–H groups in total. The fraction of sp³-hybridized carbons (Fsp3) is 1.00. The third kappa shape index (κ3) is 24.3. The summed E-state index contributed by atoms with van der Waals surface area (Å²) >= 11 is 2.02. The maximum atomic E-state index is 3.39. The lowest BCUT2D eigenvalue weighted by molar-refractivity contribution is 0.388. The minimum atomic E-state index is 1.20. The third-order valence-electron chi connectivity index (χ3n) is 4.69. The molecule has 0 spiro atoms. The monoisotopic (exact) mass is 417 g/mol. The van der Waals surface area contributed by atoms with Gasteiger partial charge in [-0.05, 0) is 51.6 Å². The van der Waals surface area contributed by atoms with E-state index in [0.29, 0.717) is 0 Å². The zero-order valence-corrected chi connectivity index (χ0v) is 21.3. The Morgan fingerprint density at radius 3 is 1.00 bits per heavy atom. The minimum absolute atomic E-state index is 1.20. The van der Waals surface area contributed by atoms with Crippen molar-refractivity contribution in [3.63, 3.8) is 0 Å². The Morgan fingerprint density at radius 2 is 0.750 bits per heavy atom. The van der Waals surface area contributed by atoms with Gasteiger partial charge in [-0.3, -0.25) is 0 Å². The van der Waals surface area contributed by atoms with Crippen molar-refractivity contribution in [1.29, 1.82) is 0 Å². The van der Waals surface area contributed by atoms with Crippen molar-refractivity contribution in [3.05, 3.63) is 0 Å². The van der Waals surface area contributed by atoms with Crippen LogP contribution in [-0.4, -0.2) is 47.9 Å². The topological polar surface area (TPSA) is 18.5 Å². The average Bonchev–Trinajstić information content (AvgIpc) is 2.72. The Balaban J connectivity index is 0. The van der Waals surface area contributed by atoms with Gasteiger partial charge in [0.25, 0.3) is 0 Å². The van der Waals surface area contributed by atoms with Crippen molar-refractivity contribution in [2.75, 3.05) is 39.3 Å². The number of nitrogens with one attached hydrogen (secondary N) is 1. The second-order valence-electron chi connectivity index (χ2n) is 7.81. The molecule has 0 amide bonds. The summed E-state index contributed by atoms with van der Waals surface area (Å²) in [6, 6.07) is 0. The predicted octanol–water partition coefficient (Wildman–Crippen LogP) is 7.53. The highest BCUT2D eigenvalue weighted by atomic mass is 32.2. The lowest BCUT2D eigenvalue weighted by Gasteiger charge is -2.28. The molecule has 0 rings (SSSR count). The van der Waals surface area contributed by atoms with Crippen molar-refractivity contribution >= 4 is 12.1 Å². The molecule has 0 atom stereocenters. The van der Waals surface area contributed by atoms with Crippen molar-refractivity contribution < 1.29 is 0 Å². The van der Waals surface area contributed by atoms with Gasteiger partial charge >= 0.3 is 0 Å². The number of hydrogen-bond acceptors (Lipinski definition) is 4. The maximum absolute atomic E-state index is 3.39. The van der Waals surface area contributed by atoms with E-state index in [-0.39, 0.29) is 0 Å². The largest absolute Gasteiger partial charge is 0.317 e. The molecule has 0 aliphatic carbocycles. The molecule has 0 bridgehead atoms. The second kappa shape index (κ2) is 27.2. The van der Waals surface area contributed by atoms with Gasteiger partial charge in [0.1, 0.15) is 0 Å².